The van der Waals surface area contributed by atoms with Crippen molar-refractivity contribution in [3.05, 3.63) is 29.8 Å². The first-order chi connectivity index (χ1) is 7.09. The highest BCUT2D eigenvalue weighted by molar-refractivity contribution is 6.58. The lowest BCUT2D eigenvalue weighted by molar-refractivity contribution is 0.0971. The van der Waals surface area contributed by atoms with Crippen molar-refractivity contribution in [1.29, 1.82) is 0 Å². The van der Waals surface area contributed by atoms with Gasteiger partial charge in [0.1, 0.15) is 0 Å². The Bertz CT molecular complexity index is 282. The molecule has 0 saturated heterocycles. The summed E-state index contributed by atoms with van der Waals surface area (Å²) >= 11 is 0. The summed E-state index contributed by atoms with van der Waals surface area (Å²) in [6.07, 6.45) is 0. The number of benzene rings is 1. The van der Waals surface area contributed by atoms with Crippen molar-refractivity contribution < 1.29 is 14.8 Å². The highest BCUT2D eigenvalue weighted by atomic mass is 16.5. The number of ether oxygens (including phenoxy) is 1. The van der Waals surface area contributed by atoms with E-state index in [9.17, 15) is 0 Å². The van der Waals surface area contributed by atoms with Crippen molar-refractivity contribution in [2.45, 2.75) is 20.5 Å². The Morgan fingerprint density at radius 3 is 2.27 bits per heavy atom. The summed E-state index contributed by atoms with van der Waals surface area (Å²) < 4.78 is 5.46. The van der Waals surface area contributed by atoms with E-state index in [0.717, 1.165) is 12.2 Å². The second-order valence-electron chi connectivity index (χ2n) is 4.02. The molecule has 0 aliphatic heterocycles. The summed E-state index contributed by atoms with van der Waals surface area (Å²) in [6.45, 7) is 5.51. The van der Waals surface area contributed by atoms with Gasteiger partial charge >= 0.3 is 7.12 Å². The first-order valence-corrected chi connectivity index (χ1v) is 5.12. The second-order valence-corrected chi connectivity index (χ2v) is 4.02. The largest absolute Gasteiger partial charge is 0.488 e. The third-order valence-corrected chi connectivity index (χ3v) is 2.00. The Labute approximate surface area is 90.9 Å². The SMILES string of the molecule is CC(C)COCc1ccc(B(O)O)cc1. The van der Waals surface area contributed by atoms with E-state index in [-0.39, 0.29) is 0 Å². The Balaban J connectivity index is 2.43. The van der Waals surface area contributed by atoms with E-state index in [1.807, 2.05) is 12.1 Å². The topological polar surface area (TPSA) is 49.7 Å². The highest BCUT2D eigenvalue weighted by Crippen LogP contribution is 2.02. The molecule has 4 heteroatoms. The van der Waals surface area contributed by atoms with Gasteiger partial charge in [0, 0.05) is 6.61 Å². The van der Waals surface area contributed by atoms with Crippen LogP contribution < -0.4 is 5.46 Å². The van der Waals surface area contributed by atoms with Crippen LogP contribution in [-0.2, 0) is 11.3 Å². The molecular weight excluding hydrogens is 191 g/mol. The van der Waals surface area contributed by atoms with Gasteiger partial charge in [0.15, 0.2) is 0 Å². The first kappa shape index (κ1) is 12.2. The fourth-order valence-electron chi connectivity index (χ4n) is 1.20. The molecule has 0 amide bonds. The predicted octanol–water partition coefficient (Wildman–Crippen LogP) is 0.539. The summed E-state index contributed by atoms with van der Waals surface area (Å²) in [6, 6.07) is 7.07. The van der Waals surface area contributed by atoms with Crippen LogP contribution in [0.2, 0.25) is 0 Å². The van der Waals surface area contributed by atoms with E-state index in [2.05, 4.69) is 13.8 Å². The molecule has 3 nitrogen and oxygen atoms in total. The normalized spacial score (nSPS) is 10.7. The second kappa shape index (κ2) is 5.90. The van der Waals surface area contributed by atoms with Gasteiger partial charge in [-0.15, -0.1) is 0 Å². The van der Waals surface area contributed by atoms with Crippen molar-refractivity contribution in [2.75, 3.05) is 6.61 Å². The van der Waals surface area contributed by atoms with E-state index >= 15 is 0 Å². The summed E-state index contributed by atoms with van der Waals surface area (Å²) in [7, 11) is -1.39. The lowest BCUT2D eigenvalue weighted by Crippen LogP contribution is -2.29. The van der Waals surface area contributed by atoms with Crippen LogP contribution in [0, 0.1) is 5.92 Å². The van der Waals surface area contributed by atoms with Crippen molar-refractivity contribution in [3.63, 3.8) is 0 Å². The molecule has 82 valence electrons. The minimum absolute atomic E-state index is 0.502. The molecule has 1 aromatic carbocycles. The van der Waals surface area contributed by atoms with Gasteiger partial charge in [-0.1, -0.05) is 38.1 Å². The Morgan fingerprint density at radius 2 is 1.80 bits per heavy atom. The third-order valence-electron chi connectivity index (χ3n) is 2.00. The average Bonchev–Trinajstić information content (AvgIpc) is 2.18. The summed E-state index contributed by atoms with van der Waals surface area (Å²) in [4.78, 5) is 0. The number of rotatable bonds is 5. The fraction of sp³-hybridized carbons (Fsp3) is 0.455. The van der Waals surface area contributed by atoms with Gasteiger partial charge < -0.3 is 14.8 Å². The van der Waals surface area contributed by atoms with Crippen LogP contribution in [0.4, 0.5) is 0 Å². The summed E-state index contributed by atoms with van der Waals surface area (Å²) in [5.74, 6) is 0.531. The maximum atomic E-state index is 8.89. The zero-order valence-electron chi connectivity index (χ0n) is 9.18. The van der Waals surface area contributed by atoms with Gasteiger partial charge in [-0.05, 0) is 16.9 Å². The molecule has 0 aliphatic carbocycles. The molecule has 0 atom stereocenters. The zero-order chi connectivity index (χ0) is 11.3. The molecule has 0 bridgehead atoms. The van der Waals surface area contributed by atoms with Crippen molar-refractivity contribution >= 4 is 12.6 Å². The molecule has 2 N–H and O–H groups in total. The predicted molar refractivity (Wildman–Crippen MR) is 60.8 cm³/mol. The Hall–Kier alpha value is -0.835. The van der Waals surface area contributed by atoms with Gasteiger partial charge in [-0.25, -0.2) is 0 Å². The number of hydrogen-bond acceptors (Lipinski definition) is 3. The highest BCUT2D eigenvalue weighted by Gasteiger charge is 2.09. The molecule has 0 unspecified atom stereocenters. The zero-order valence-corrected chi connectivity index (χ0v) is 9.18. The van der Waals surface area contributed by atoms with Crippen LogP contribution in [0.5, 0.6) is 0 Å². The smallest absolute Gasteiger partial charge is 0.423 e. The molecule has 15 heavy (non-hydrogen) atoms. The molecular formula is C11H17BO3. The Morgan fingerprint density at radius 1 is 1.20 bits per heavy atom. The lowest BCUT2D eigenvalue weighted by atomic mass is 9.80. The van der Waals surface area contributed by atoms with Crippen molar-refractivity contribution in [3.8, 4) is 0 Å². The quantitative estimate of drug-likeness (QED) is 0.694. The van der Waals surface area contributed by atoms with Crippen LogP contribution in [0.1, 0.15) is 19.4 Å². The van der Waals surface area contributed by atoms with Gasteiger partial charge in [-0.3, -0.25) is 0 Å². The maximum absolute atomic E-state index is 8.89. The molecule has 0 heterocycles. The van der Waals surface area contributed by atoms with Crippen molar-refractivity contribution in [2.24, 2.45) is 5.92 Å². The van der Waals surface area contributed by atoms with Gasteiger partial charge in [-0.2, -0.15) is 0 Å². The molecule has 0 saturated carbocycles. The van der Waals surface area contributed by atoms with E-state index in [1.54, 1.807) is 12.1 Å². The summed E-state index contributed by atoms with van der Waals surface area (Å²) in [5.41, 5.74) is 1.54. The van der Waals surface area contributed by atoms with Crippen molar-refractivity contribution in [1.82, 2.24) is 0 Å². The Kier molecular flexibility index (Phi) is 4.82. The standard InChI is InChI=1S/C11H17BO3/c1-9(2)7-15-8-10-3-5-11(6-4-10)12(13)14/h3-6,9,13-14H,7-8H2,1-2H3. The average molecular weight is 208 g/mol. The molecule has 0 aromatic heterocycles. The molecule has 1 rings (SSSR count). The van der Waals surface area contributed by atoms with Gasteiger partial charge in [0.05, 0.1) is 6.61 Å². The van der Waals surface area contributed by atoms with Gasteiger partial charge in [0.2, 0.25) is 0 Å². The molecule has 0 radical (unpaired) electrons. The van der Waals surface area contributed by atoms with E-state index in [4.69, 9.17) is 14.8 Å². The summed E-state index contributed by atoms with van der Waals surface area (Å²) in [5, 5.41) is 17.8. The first-order valence-electron chi connectivity index (χ1n) is 5.12. The molecule has 0 fully saturated rings. The minimum atomic E-state index is -1.39. The fourth-order valence-corrected chi connectivity index (χ4v) is 1.20. The van der Waals surface area contributed by atoms with E-state index in [1.165, 1.54) is 0 Å². The number of hydrogen-bond donors (Lipinski definition) is 2. The van der Waals surface area contributed by atoms with E-state index < -0.39 is 7.12 Å². The van der Waals surface area contributed by atoms with Gasteiger partial charge in [0.25, 0.3) is 0 Å². The van der Waals surface area contributed by atoms with Crippen LogP contribution >= 0.6 is 0 Å². The maximum Gasteiger partial charge on any atom is 0.488 e. The molecule has 0 spiro atoms. The lowest BCUT2D eigenvalue weighted by Gasteiger charge is -2.07. The third kappa shape index (κ3) is 4.47. The monoisotopic (exact) mass is 208 g/mol. The molecule has 0 aliphatic rings. The van der Waals surface area contributed by atoms with Crippen LogP contribution in [-0.4, -0.2) is 23.8 Å². The minimum Gasteiger partial charge on any atom is -0.423 e. The van der Waals surface area contributed by atoms with E-state index in [0.29, 0.717) is 18.0 Å². The van der Waals surface area contributed by atoms with Crippen LogP contribution in [0.3, 0.4) is 0 Å². The van der Waals surface area contributed by atoms with Crippen LogP contribution in [0.15, 0.2) is 24.3 Å². The van der Waals surface area contributed by atoms with Crippen LogP contribution in [0.25, 0.3) is 0 Å². The molecule has 1 aromatic rings.